The Morgan fingerprint density at radius 3 is 2.83 bits per heavy atom. The van der Waals surface area contributed by atoms with Crippen molar-refractivity contribution >= 4 is 0 Å². The quantitative estimate of drug-likeness (QED) is 0.852. The van der Waals surface area contributed by atoms with Crippen molar-refractivity contribution in [3.8, 4) is 11.5 Å². The standard InChI is InChI=1S/C14H21N3O/c1-4-9-15-11(3)13-6-7-14(18-13)12-8-10-17(5-2)16-12/h6-8,10-11,15H,4-5,9H2,1-3H3. The van der Waals surface area contributed by atoms with E-state index in [1.807, 2.05) is 29.1 Å². The summed E-state index contributed by atoms with van der Waals surface area (Å²) in [5.74, 6) is 1.80. The highest BCUT2D eigenvalue weighted by Crippen LogP contribution is 2.23. The minimum atomic E-state index is 0.243. The number of aryl methyl sites for hydroxylation is 1. The summed E-state index contributed by atoms with van der Waals surface area (Å²) in [6.45, 7) is 8.22. The summed E-state index contributed by atoms with van der Waals surface area (Å²) in [5.41, 5.74) is 0.894. The molecule has 2 aromatic heterocycles. The zero-order valence-electron chi connectivity index (χ0n) is 11.3. The van der Waals surface area contributed by atoms with Gasteiger partial charge < -0.3 is 9.73 Å². The van der Waals surface area contributed by atoms with Gasteiger partial charge in [-0.05, 0) is 45.0 Å². The van der Waals surface area contributed by atoms with Crippen LogP contribution in [0.5, 0.6) is 0 Å². The Labute approximate surface area is 108 Å². The van der Waals surface area contributed by atoms with Crippen LogP contribution in [0.3, 0.4) is 0 Å². The maximum Gasteiger partial charge on any atom is 0.154 e. The van der Waals surface area contributed by atoms with Crippen LogP contribution in [0.4, 0.5) is 0 Å². The van der Waals surface area contributed by atoms with E-state index in [4.69, 9.17) is 4.42 Å². The fourth-order valence-electron chi connectivity index (χ4n) is 1.85. The number of nitrogens with one attached hydrogen (secondary N) is 1. The van der Waals surface area contributed by atoms with Gasteiger partial charge in [0.2, 0.25) is 0 Å². The van der Waals surface area contributed by atoms with E-state index in [1.54, 1.807) is 0 Å². The summed E-state index contributed by atoms with van der Waals surface area (Å²) in [4.78, 5) is 0. The molecule has 2 rings (SSSR count). The molecule has 0 amide bonds. The molecular weight excluding hydrogens is 226 g/mol. The van der Waals surface area contributed by atoms with Crippen LogP contribution in [0.15, 0.2) is 28.8 Å². The van der Waals surface area contributed by atoms with E-state index >= 15 is 0 Å². The first-order valence-corrected chi connectivity index (χ1v) is 6.61. The van der Waals surface area contributed by atoms with Crippen molar-refractivity contribution in [2.24, 2.45) is 0 Å². The minimum Gasteiger partial charge on any atom is -0.458 e. The van der Waals surface area contributed by atoms with Gasteiger partial charge in [0.1, 0.15) is 11.5 Å². The van der Waals surface area contributed by atoms with Gasteiger partial charge in [-0.1, -0.05) is 6.92 Å². The smallest absolute Gasteiger partial charge is 0.154 e. The molecule has 0 aromatic carbocycles. The Hall–Kier alpha value is -1.55. The van der Waals surface area contributed by atoms with Crippen molar-refractivity contribution in [2.45, 2.75) is 39.8 Å². The molecule has 1 atom stereocenters. The Balaban J connectivity index is 2.09. The topological polar surface area (TPSA) is 43.0 Å². The molecule has 0 radical (unpaired) electrons. The third-order valence-corrected chi connectivity index (χ3v) is 2.97. The summed E-state index contributed by atoms with van der Waals surface area (Å²) >= 11 is 0. The Morgan fingerprint density at radius 2 is 2.17 bits per heavy atom. The number of rotatable bonds is 6. The summed E-state index contributed by atoms with van der Waals surface area (Å²) in [6, 6.07) is 6.23. The Kier molecular flexibility index (Phi) is 4.20. The zero-order chi connectivity index (χ0) is 13.0. The van der Waals surface area contributed by atoms with Crippen molar-refractivity contribution in [3.63, 3.8) is 0 Å². The van der Waals surface area contributed by atoms with Gasteiger partial charge >= 0.3 is 0 Å². The van der Waals surface area contributed by atoms with Crippen molar-refractivity contribution in [3.05, 3.63) is 30.2 Å². The molecule has 0 aliphatic carbocycles. The Morgan fingerprint density at radius 1 is 1.33 bits per heavy atom. The molecule has 0 saturated heterocycles. The van der Waals surface area contributed by atoms with Gasteiger partial charge in [0, 0.05) is 12.7 Å². The van der Waals surface area contributed by atoms with Crippen molar-refractivity contribution < 1.29 is 4.42 Å². The van der Waals surface area contributed by atoms with Crippen molar-refractivity contribution in [2.75, 3.05) is 6.54 Å². The monoisotopic (exact) mass is 247 g/mol. The van der Waals surface area contributed by atoms with Gasteiger partial charge in [-0.15, -0.1) is 0 Å². The first kappa shape index (κ1) is 12.9. The molecule has 2 heterocycles. The molecule has 1 unspecified atom stereocenters. The van der Waals surface area contributed by atoms with E-state index in [0.717, 1.165) is 36.7 Å². The van der Waals surface area contributed by atoms with E-state index in [9.17, 15) is 0 Å². The van der Waals surface area contributed by atoms with Crippen LogP contribution < -0.4 is 5.32 Å². The average molecular weight is 247 g/mol. The van der Waals surface area contributed by atoms with Gasteiger partial charge in [0.25, 0.3) is 0 Å². The fraction of sp³-hybridized carbons (Fsp3) is 0.500. The highest BCUT2D eigenvalue weighted by molar-refractivity contribution is 5.51. The predicted molar refractivity (Wildman–Crippen MR) is 72.3 cm³/mol. The van der Waals surface area contributed by atoms with E-state index in [0.29, 0.717) is 0 Å². The molecule has 0 aliphatic rings. The molecule has 0 spiro atoms. The van der Waals surface area contributed by atoms with Crippen LogP contribution in [0.25, 0.3) is 11.5 Å². The van der Waals surface area contributed by atoms with E-state index in [1.165, 1.54) is 0 Å². The summed E-state index contributed by atoms with van der Waals surface area (Å²) in [5, 5.41) is 7.85. The number of nitrogens with zero attached hydrogens (tertiary/aromatic N) is 2. The SMILES string of the molecule is CCCNC(C)c1ccc(-c2ccn(CC)n2)o1. The summed E-state index contributed by atoms with van der Waals surface area (Å²) < 4.78 is 7.75. The number of aromatic nitrogens is 2. The number of furan rings is 1. The zero-order valence-corrected chi connectivity index (χ0v) is 11.3. The maximum absolute atomic E-state index is 5.85. The average Bonchev–Trinajstić information content (AvgIpc) is 3.03. The van der Waals surface area contributed by atoms with Gasteiger partial charge in [-0.2, -0.15) is 5.10 Å². The van der Waals surface area contributed by atoms with Gasteiger partial charge in [0.15, 0.2) is 5.76 Å². The largest absolute Gasteiger partial charge is 0.458 e. The third-order valence-electron chi connectivity index (χ3n) is 2.97. The Bertz CT molecular complexity index is 487. The molecular formula is C14H21N3O. The molecule has 0 aliphatic heterocycles. The molecule has 4 heteroatoms. The minimum absolute atomic E-state index is 0.243. The molecule has 0 bridgehead atoms. The maximum atomic E-state index is 5.85. The number of hydrogen-bond donors (Lipinski definition) is 1. The first-order valence-electron chi connectivity index (χ1n) is 6.61. The second kappa shape index (κ2) is 5.87. The molecule has 1 N–H and O–H groups in total. The van der Waals surface area contributed by atoms with Crippen LogP contribution in [0.2, 0.25) is 0 Å². The van der Waals surface area contributed by atoms with E-state index in [-0.39, 0.29) is 6.04 Å². The van der Waals surface area contributed by atoms with Crippen molar-refractivity contribution in [1.82, 2.24) is 15.1 Å². The summed E-state index contributed by atoms with van der Waals surface area (Å²) in [7, 11) is 0. The highest BCUT2D eigenvalue weighted by Gasteiger charge is 2.12. The lowest BCUT2D eigenvalue weighted by Crippen LogP contribution is -2.18. The number of hydrogen-bond acceptors (Lipinski definition) is 3. The predicted octanol–water partition coefficient (Wildman–Crippen LogP) is 3.22. The van der Waals surface area contributed by atoms with Crippen LogP contribution in [0, 0.1) is 0 Å². The second-order valence-electron chi connectivity index (χ2n) is 4.43. The molecule has 0 saturated carbocycles. The lowest BCUT2D eigenvalue weighted by molar-refractivity contribution is 0.437. The van der Waals surface area contributed by atoms with Gasteiger partial charge in [-0.25, -0.2) is 0 Å². The molecule has 98 valence electrons. The lowest BCUT2D eigenvalue weighted by Gasteiger charge is -2.09. The van der Waals surface area contributed by atoms with E-state index in [2.05, 4.69) is 31.2 Å². The lowest BCUT2D eigenvalue weighted by atomic mass is 10.2. The van der Waals surface area contributed by atoms with Gasteiger partial charge in [-0.3, -0.25) is 4.68 Å². The molecule has 2 aromatic rings. The summed E-state index contributed by atoms with van der Waals surface area (Å²) in [6.07, 6.45) is 3.09. The molecule has 18 heavy (non-hydrogen) atoms. The van der Waals surface area contributed by atoms with E-state index < -0.39 is 0 Å². The molecule has 0 fully saturated rings. The van der Waals surface area contributed by atoms with Gasteiger partial charge in [0.05, 0.1) is 6.04 Å². The third kappa shape index (κ3) is 2.82. The van der Waals surface area contributed by atoms with Crippen LogP contribution in [-0.4, -0.2) is 16.3 Å². The molecule has 4 nitrogen and oxygen atoms in total. The van der Waals surface area contributed by atoms with Crippen LogP contribution in [-0.2, 0) is 6.54 Å². The first-order chi connectivity index (χ1) is 8.74. The van der Waals surface area contributed by atoms with Crippen LogP contribution in [0.1, 0.15) is 39.0 Å². The fourth-order valence-corrected chi connectivity index (χ4v) is 1.85. The highest BCUT2D eigenvalue weighted by atomic mass is 16.3. The second-order valence-corrected chi connectivity index (χ2v) is 4.43. The normalized spacial score (nSPS) is 12.8. The van der Waals surface area contributed by atoms with Crippen molar-refractivity contribution in [1.29, 1.82) is 0 Å². The van der Waals surface area contributed by atoms with Crippen LogP contribution >= 0.6 is 0 Å².